The monoisotopic (exact) mass is 210 g/mol. The zero-order valence-electron chi connectivity index (χ0n) is 8.57. The summed E-state index contributed by atoms with van der Waals surface area (Å²) in [5.74, 6) is 0.587. The summed E-state index contributed by atoms with van der Waals surface area (Å²) in [6.07, 6.45) is 3.84. The van der Waals surface area contributed by atoms with Crippen LogP contribution in [0, 0.1) is 16.7 Å². The molecule has 0 atom stereocenters. The van der Waals surface area contributed by atoms with E-state index >= 15 is 0 Å². The van der Waals surface area contributed by atoms with Crippen molar-refractivity contribution >= 4 is 5.71 Å². The predicted octanol–water partition coefficient (Wildman–Crippen LogP) is 1.89. The molecule has 0 bridgehead atoms. The zero-order chi connectivity index (χ0) is 11.4. The predicted molar refractivity (Wildman–Crippen MR) is 60.3 cm³/mol. The maximum Gasteiger partial charge on any atom is 0.151 e. The Kier molecular flexibility index (Phi) is 2.79. The molecule has 1 aromatic heterocycles. The van der Waals surface area contributed by atoms with E-state index in [2.05, 4.69) is 16.0 Å². The highest BCUT2D eigenvalue weighted by atomic mass is 14.9. The van der Waals surface area contributed by atoms with Crippen LogP contribution in [0.15, 0.2) is 36.7 Å². The lowest BCUT2D eigenvalue weighted by Gasteiger charge is -2.01. The van der Waals surface area contributed by atoms with Crippen LogP contribution in [-0.2, 0) is 6.42 Å². The molecule has 78 valence electrons. The number of nitrogens with zero attached hydrogens (tertiary/aromatic N) is 2. The number of rotatable bonds is 3. The fourth-order valence-corrected chi connectivity index (χ4v) is 1.42. The van der Waals surface area contributed by atoms with E-state index in [9.17, 15) is 0 Å². The van der Waals surface area contributed by atoms with Crippen LogP contribution in [0.3, 0.4) is 0 Å². The van der Waals surface area contributed by atoms with E-state index in [0.29, 0.717) is 23.5 Å². The maximum atomic E-state index is 8.65. The molecular weight excluding hydrogens is 200 g/mol. The minimum atomic E-state index is 0.440. The van der Waals surface area contributed by atoms with E-state index < -0.39 is 0 Å². The van der Waals surface area contributed by atoms with Crippen molar-refractivity contribution in [3.05, 3.63) is 53.6 Å². The molecule has 0 aliphatic rings. The Hall–Kier alpha value is -2.41. The average Bonchev–Trinajstić information content (AvgIpc) is 2.83. The van der Waals surface area contributed by atoms with Crippen LogP contribution in [0.2, 0.25) is 0 Å². The van der Waals surface area contributed by atoms with Gasteiger partial charge in [-0.1, -0.05) is 12.1 Å². The highest BCUT2D eigenvalue weighted by Crippen LogP contribution is 2.06. The molecule has 2 rings (SSSR count). The number of hydrogen-bond donors (Lipinski definition) is 2. The third kappa shape index (κ3) is 2.15. The van der Waals surface area contributed by atoms with Crippen molar-refractivity contribution in [2.45, 2.75) is 6.42 Å². The number of benzene rings is 1. The van der Waals surface area contributed by atoms with Gasteiger partial charge in [0.25, 0.3) is 0 Å². The van der Waals surface area contributed by atoms with Crippen molar-refractivity contribution in [3.8, 4) is 6.07 Å². The van der Waals surface area contributed by atoms with Crippen LogP contribution < -0.4 is 0 Å². The van der Waals surface area contributed by atoms with Gasteiger partial charge in [0, 0.05) is 18.8 Å². The summed E-state index contributed by atoms with van der Waals surface area (Å²) in [6.45, 7) is 0. The molecule has 16 heavy (non-hydrogen) atoms. The topological polar surface area (TPSA) is 76.3 Å². The van der Waals surface area contributed by atoms with E-state index in [0.717, 1.165) is 5.56 Å². The molecule has 4 heteroatoms. The molecule has 1 aromatic carbocycles. The molecule has 2 N–H and O–H groups in total. The zero-order valence-corrected chi connectivity index (χ0v) is 8.57. The summed E-state index contributed by atoms with van der Waals surface area (Å²) in [5.41, 5.74) is 2.07. The van der Waals surface area contributed by atoms with Crippen LogP contribution in [0.5, 0.6) is 0 Å². The molecular formula is C12H10N4. The number of aromatic nitrogens is 2. The van der Waals surface area contributed by atoms with Gasteiger partial charge in [-0.15, -0.1) is 0 Å². The van der Waals surface area contributed by atoms with Crippen LogP contribution >= 0.6 is 0 Å². The lowest BCUT2D eigenvalue weighted by Crippen LogP contribution is -2.05. The largest absolute Gasteiger partial charge is 0.344 e. The summed E-state index contributed by atoms with van der Waals surface area (Å²) >= 11 is 0. The average molecular weight is 210 g/mol. The molecule has 4 nitrogen and oxygen atoms in total. The molecule has 0 radical (unpaired) electrons. The molecule has 0 fully saturated rings. The summed E-state index contributed by atoms with van der Waals surface area (Å²) in [5, 5.41) is 16.5. The number of nitrogens with one attached hydrogen (secondary N) is 2. The molecule has 0 spiro atoms. The van der Waals surface area contributed by atoms with E-state index in [-0.39, 0.29) is 0 Å². The molecule has 0 amide bonds. The Morgan fingerprint density at radius 1 is 1.38 bits per heavy atom. The summed E-state index contributed by atoms with van der Waals surface area (Å²) in [7, 11) is 0. The van der Waals surface area contributed by atoms with Gasteiger partial charge < -0.3 is 10.4 Å². The first-order valence-electron chi connectivity index (χ1n) is 4.86. The lowest BCUT2D eigenvalue weighted by atomic mass is 10.1. The van der Waals surface area contributed by atoms with Gasteiger partial charge >= 0.3 is 0 Å². The highest BCUT2D eigenvalue weighted by Gasteiger charge is 2.04. The van der Waals surface area contributed by atoms with Crippen LogP contribution in [0.1, 0.15) is 17.0 Å². The van der Waals surface area contributed by atoms with E-state index in [1.54, 1.807) is 24.5 Å². The van der Waals surface area contributed by atoms with E-state index in [4.69, 9.17) is 10.7 Å². The van der Waals surface area contributed by atoms with E-state index in [1.807, 2.05) is 12.1 Å². The number of imidazole rings is 1. The summed E-state index contributed by atoms with van der Waals surface area (Å²) in [6, 6.07) is 9.29. The Morgan fingerprint density at radius 2 is 2.12 bits per heavy atom. The SMILES string of the molecule is N#Cc1ccc(CC(=N)c2ncc[nH]2)cc1. The van der Waals surface area contributed by atoms with Crippen molar-refractivity contribution in [3.63, 3.8) is 0 Å². The third-order valence-corrected chi connectivity index (χ3v) is 2.25. The normalized spacial score (nSPS) is 9.69. The molecule has 0 aliphatic heterocycles. The summed E-state index contributed by atoms with van der Waals surface area (Å²) in [4.78, 5) is 6.91. The van der Waals surface area contributed by atoms with Crippen molar-refractivity contribution in [2.24, 2.45) is 0 Å². The number of H-pyrrole nitrogens is 1. The van der Waals surface area contributed by atoms with E-state index in [1.165, 1.54) is 0 Å². The Balaban J connectivity index is 2.10. The van der Waals surface area contributed by atoms with Gasteiger partial charge in [-0.25, -0.2) is 4.98 Å². The molecule has 0 unspecified atom stereocenters. The lowest BCUT2D eigenvalue weighted by molar-refractivity contribution is 1.18. The van der Waals surface area contributed by atoms with Crippen LogP contribution in [-0.4, -0.2) is 15.7 Å². The van der Waals surface area contributed by atoms with Gasteiger partial charge in [0.05, 0.1) is 17.3 Å². The first kappa shape index (κ1) is 10.1. The molecule has 2 aromatic rings. The third-order valence-electron chi connectivity index (χ3n) is 2.25. The van der Waals surface area contributed by atoms with Gasteiger partial charge in [0.1, 0.15) is 0 Å². The van der Waals surface area contributed by atoms with Gasteiger partial charge in [-0.2, -0.15) is 5.26 Å². The minimum Gasteiger partial charge on any atom is -0.344 e. The van der Waals surface area contributed by atoms with Gasteiger partial charge in [0.15, 0.2) is 5.82 Å². The molecule has 1 heterocycles. The van der Waals surface area contributed by atoms with Gasteiger partial charge in [0.2, 0.25) is 0 Å². The Labute approximate surface area is 93.1 Å². The van der Waals surface area contributed by atoms with Crippen molar-refractivity contribution in [2.75, 3.05) is 0 Å². The van der Waals surface area contributed by atoms with Crippen LogP contribution in [0.25, 0.3) is 0 Å². The highest BCUT2D eigenvalue weighted by molar-refractivity contribution is 5.96. The number of nitriles is 1. The molecule has 0 saturated heterocycles. The quantitative estimate of drug-likeness (QED) is 0.759. The van der Waals surface area contributed by atoms with Gasteiger partial charge in [-0.3, -0.25) is 0 Å². The maximum absolute atomic E-state index is 8.65. The summed E-state index contributed by atoms with van der Waals surface area (Å²) < 4.78 is 0. The smallest absolute Gasteiger partial charge is 0.151 e. The molecule has 0 aliphatic carbocycles. The fraction of sp³-hybridized carbons (Fsp3) is 0.0833. The Bertz CT molecular complexity index is 517. The van der Waals surface area contributed by atoms with Crippen LogP contribution in [0.4, 0.5) is 0 Å². The van der Waals surface area contributed by atoms with Crippen molar-refractivity contribution in [1.29, 1.82) is 10.7 Å². The first-order valence-corrected chi connectivity index (χ1v) is 4.86. The number of aromatic amines is 1. The Morgan fingerprint density at radius 3 is 2.69 bits per heavy atom. The minimum absolute atomic E-state index is 0.440. The number of hydrogen-bond acceptors (Lipinski definition) is 3. The van der Waals surface area contributed by atoms with Crippen molar-refractivity contribution < 1.29 is 0 Å². The first-order chi connectivity index (χ1) is 7.79. The van der Waals surface area contributed by atoms with Crippen molar-refractivity contribution in [1.82, 2.24) is 9.97 Å². The second-order valence-corrected chi connectivity index (χ2v) is 3.40. The standard InChI is InChI=1S/C12H10N4/c13-8-10-3-1-9(2-4-10)7-11(14)12-15-5-6-16-12/h1-6,14H,7H2,(H,15,16). The second-order valence-electron chi connectivity index (χ2n) is 3.40. The van der Waals surface area contributed by atoms with Gasteiger partial charge in [-0.05, 0) is 17.7 Å². The molecule has 0 saturated carbocycles. The fourth-order valence-electron chi connectivity index (χ4n) is 1.42. The second kappa shape index (κ2) is 4.41.